The number of methoxy groups -OCH3 is 1. The van der Waals surface area contributed by atoms with Crippen LogP contribution in [0.1, 0.15) is 13.8 Å². The Hall–Kier alpha value is -2.00. The number of halogens is 6. The zero-order valence-electron chi connectivity index (χ0n) is 11.7. The molecule has 0 unspecified atom stereocenters. The van der Waals surface area contributed by atoms with Crippen LogP contribution in [0.15, 0.2) is 23.8 Å². The quantitative estimate of drug-likeness (QED) is 0.324. The van der Waals surface area contributed by atoms with Crippen LogP contribution < -0.4 is 0 Å². The molecule has 0 aromatic carbocycles. The zero-order chi connectivity index (χ0) is 17.9. The van der Waals surface area contributed by atoms with Gasteiger partial charge < -0.3 is 9.47 Å². The molecular weight excluding hydrogens is 322 g/mol. The van der Waals surface area contributed by atoms with Crippen molar-refractivity contribution in [3.63, 3.8) is 0 Å². The standard InChI is InChI=1S/C12H12F6O4/c1-6(8(19)21-4)5-7(2)9(20)22-12(17,18)11(15,16)10(3,13)14/h5H,2H2,1,3-4H3/b6-5+. The molecule has 0 saturated heterocycles. The van der Waals surface area contributed by atoms with Crippen LogP contribution in [0, 0.1) is 0 Å². The van der Waals surface area contributed by atoms with Gasteiger partial charge in [0.25, 0.3) is 0 Å². The maximum absolute atomic E-state index is 13.0. The topological polar surface area (TPSA) is 52.6 Å². The fourth-order valence-electron chi connectivity index (χ4n) is 1.04. The minimum atomic E-state index is -5.93. The Balaban J connectivity index is 5.21. The molecule has 0 spiro atoms. The van der Waals surface area contributed by atoms with Gasteiger partial charge in [-0.2, -0.15) is 26.3 Å². The van der Waals surface area contributed by atoms with Crippen molar-refractivity contribution < 1.29 is 45.4 Å². The largest absolute Gasteiger partial charge is 0.473 e. The van der Waals surface area contributed by atoms with Gasteiger partial charge in [0.15, 0.2) is 0 Å². The summed E-state index contributed by atoms with van der Waals surface area (Å²) in [5.41, 5.74) is -1.21. The van der Waals surface area contributed by atoms with Crippen molar-refractivity contribution in [1.29, 1.82) is 0 Å². The average molecular weight is 334 g/mol. The highest BCUT2D eigenvalue weighted by molar-refractivity contribution is 5.95. The SMILES string of the molecule is C=C(/C=C(\C)C(=O)OC)C(=O)OC(F)(F)C(F)(F)C(C)(F)F. The Morgan fingerprint density at radius 2 is 1.50 bits per heavy atom. The van der Waals surface area contributed by atoms with E-state index in [1.165, 1.54) is 0 Å². The van der Waals surface area contributed by atoms with E-state index in [1.54, 1.807) is 0 Å². The third kappa shape index (κ3) is 4.25. The molecule has 22 heavy (non-hydrogen) atoms. The third-order valence-corrected chi connectivity index (χ3v) is 2.30. The lowest BCUT2D eigenvalue weighted by Crippen LogP contribution is -2.54. The van der Waals surface area contributed by atoms with Gasteiger partial charge in [0.1, 0.15) is 0 Å². The van der Waals surface area contributed by atoms with Crippen molar-refractivity contribution >= 4 is 11.9 Å². The van der Waals surface area contributed by atoms with Crippen molar-refractivity contribution in [3.05, 3.63) is 23.8 Å². The van der Waals surface area contributed by atoms with Crippen LogP contribution in [-0.2, 0) is 19.1 Å². The second-order valence-electron chi connectivity index (χ2n) is 4.21. The van der Waals surface area contributed by atoms with E-state index in [0.29, 0.717) is 6.08 Å². The van der Waals surface area contributed by atoms with Crippen LogP contribution in [0.4, 0.5) is 26.3 Å². The number of carbonyl (C=O) groups is 2. The molecular formula is C12H12F6O4. The van der Waals surface area contributed by atoms with Gasteiger partial charge in [-0.3, -0.25) is 0 Å². The van der Waals surface area contributed by atoms with Gasteiger partial charge in [0.2, 0.25) is 0 Å². The molecule has 0 heterocycles. The highest BCUT2D eigenvalue weighted by Crippen LogP contribution is 2.46. The maximum Gasteiger partial charge on any atom is 0.473 e. The summed E-state index contributed by atoms with van der Waals surface area (Å²) in [4.78, 5) is 22.2. The number of alkyl halides is 6. The number of esters is 2. The second-order valence-corrected chi connectivity index (χ2v) is 4.21. The minimum Gasteiger partial charge on any atom is -0.466 e. The molecule has 0 aliphatic rings. The van der Waals surface area contributed by atoms with E-state index in [0.717, 1.165) is 14.0 Å². The number of hydrogen-bond donors (Lipinski definition) is 0. The summed E-state index contributed by atoms with van der Waals surface area (Å²) in [7, 11) is 0.985. The Labute approximate surface area is 121 Å². The van der Waals surface area contributed by atoms with Crippen molar-refractivity contribution in [1.82, 2.24) is 0 Å². The van der Waals surface area contributed by atoms with Crippen LogP contribution in [0.3, 0.4) is 0 Å². The minimum absolute atomic E-state index is 0.277. The highest BCUT2D eigenvalue weighted by Gasteiger charge is 2.72. The maximum atomic E-state index is 13.0. The van der Waals surface area contributed by atoms with E-state index < -0.39 is 42.4 Å². The molecule has 0 atom stereocenters. The smallest absolute Gasteiger partial charge is 0.466 e. The molecule has 0 aliphatic carbocycles. The lowest BCUT2D eigenvalue weighted by Gasteiger charge is -2.29. The van der Waals surface area contributed by atoms with Gasteiger partial charge in [-0.05, 0) is 13.0 Å². The van der Waals surface area contributed by atoms with Gasteiger partial charge in [0.05, 0.1) is 12.7 Å². The molecule has 0 aromatic heterocycles. The first kappa shape index (κ1) is 20.0. The van der Waals surface area contributed by atoms with Gasteiger partial charge in [-0.1, -0.05) is 6.58 Å². The molecule has 0 aliphatic heterocycles. The lowest BCUT2D eigenvalue weighted by atomic mass is 10.1. The molecule has 0 saturated carbocycles. The van der Waals surface area contributed by atoms with E-state index in [4.69, 9.17) is 0 Å². The monoisotopic (exact) mass is 334 g/mol. The number of carbonyl (C=O) groups excluding carboxylic acids is 2. The van der Waals surface area contributed by atoms with E-state index >= 15 is 0 Å². The number of ether oxygens (including phenoxy) is 2. The predicted molar refractivity (Wildman–Crippen MR) is 61.5 cm³/mol. The van der Waals surface area contributed by atoms with Crippen molar-refractivity contribution in [2.24, 2.45) is 0 Å². The Morgan fingerprint density at radius 3 is 1.86 bits per heavy atom. The summed E-state index contributed by atoms with van der Waals surface area (Å²) < 4.78 is 84.2. The molecule has 0 rings (SSSR count). The Morgan fingerprint density at radius 1 is 1.05 bits per heavy atom. The number of rotatable bonds is 6. The summed E-state index contributed by atoms with van der Waals surface area (Å²) in [6, 6.07) is 0. The molecule has 0 radical (unpaired) electrons. The molecule has 10 heteroatoms. The normalized spacial score (nSPS) is 13.6. The molecule has 0 N–H and O–H groups in total. The third-order valence-electron chi connectivity index (χ3n) is 2.30. The zero-order valence-corrected chi connectivity index (χ0v) is 11.7. The number of hydrogen-bond acceptors (Lipinski definition) is 4. The van der Waals surface area contributed by atoms with Crippen molar-refractivity contribution in [2.45, 2.75) is 31.8 Å². The van der Waals surface area contributed by atoms with Gasteiger partial charge in [0, 0.05) is 12.5 Å². The summed E-state index contributed by atoms with van der Waals surface area (Å²) >= 11 is 0. The molecule has 0 fully saturated rings. The molecule has 126 valence electrons. The fourth-order valence-corrected chi connectivity index (χ4v) is 1.04. The van der Waals surface area contributed by atoms with E-state index in [-0.39, 0.29) is 5.57 Å². The van der Waals surface area contributed by atoms with E-state index in [1.807, 2.05) is 0 Å². The van der Waals surface area contributed by atoms with Crippen LogP contribution in [0.25, 0.3) is 0 Å². The molecule has 0 bridgehead atoms. The second kappa shape index (κ2) is 6.41. The first-order valence-corrected chi connectivity index (χ1v) is 5.49. The Kier molecular flexibility index (Phi) is 5.82. The van der Waals surface area contributed by atoms with Crippen LogP contribution in [0.5, 0.6) is 0 Å². The summed E-state index contributed by atoms with van der Waals surface area (Å²) in [5.74, 6) is -14.1. The average Bonchev–Trinajstić information content (AvgIpc) is 2.35. The molecule has 0 aromatic rings. The van der Waals surface area contributed by atoms with Crippen LogP contribution >= 0.6 is 0 Å². The highest BCUT2D eigenvalue weighted by atomic mass is 19.3. The van der Waals surface area contributed by atoms with Crippen molar-refractivity contribution in [3.8, 4) is 0 Å². The fraction of sp³-hybridized carbons (Fsp3) is 0.500. The lowest BCUT2D eigenvalue weighted by molar-refractivity contribution is -0.380. The summed E-state index contributed by atoms with van der Waals surface area (Å²) in [6.45, 7) is 3.57. The van der Waals surface area contributed by atoms with Crippen LogP contribution in [0.2, 0.25) is 0 Å². The first-order valence-electron chi connectivity index (χ1n) is 5.49. The van der Waals surface area contributed by atoms with E-state index in [2.05, 4.69) is 16.1 Å². The Bertz CT molecular complexity index is 504. The van der Waals surface area contributed by atoms with Gasteiger partial charge in [-0.15, -0.1) is 0 Å². The summed E-state index contributed by atoms with van der Waals surface area (Å²) in [5, 5.41) is 0. The van der Waals surface area contributed by atoms with Crippen molar-refractivity contribution in [2.75, 3.05) is 7.11 Å². The van der Waals surface area contributed by atoms with Gasteiger partial charge in [-0.25, -0.2) is 9.59 Å². The van der Waals surface area contributed by atoms with E-state index in [9.17, 15) is 35.9 Å². The predicted octanol–water partition coefficient (Wildman–Crippen LogP) is 3.09. The van der Waals surface area contributed by atoms with Crippen LogP contribution in [-0.4, -0.2) is 37.0 Å². The molecule has 0 amide bonds. The van der Waals surface area contributed by atoms with Gasteiger partial charge >= 0.3 is 29.9 Å². The molecule has 4 nitrogen and oxygen atoms in total. The summed E-state index contributed by atoms with van der Waals surface area (Å²) in [6.07, 6.45) is -5.16. The first-order chi connectivity index (χ1) is 9.67.